The number of anilines is 1. The SMILES string of the molecule is CNc1nc(SC)ncc1C=Nc1ccc(F)c([N+](=O)[O-])c1. The Morgan fingerprint density at radius 3 is 2.91 bits per heavy atom. The van der Waals surface area contributed by atoms with Crippen LogP contribution in [-0.4, -0.2) is 34.4 Å². The van der Waals surface area contributed by atoms with Gasteiger partial charge in [-0.05, 0) is 18.4 Å². The van der Waals surface area contributed by atoms with Gasteiger partial charge in [0.15, 0.2) is 5.16 Å². The number of hydrogen-bond donors (Lipinski definition) is 1. The third kappa shape index (κ3) is 3.55. The van der Waals surface area contributed by atoms with Crippen molar-refractivity contribution in [3.05, 3.63) is 45.9 Å². The molecule has 0 aliphatic rings. The van der Waals surface area contributed by atoms with Gasteiger partial charge in [0, 0.05) is 25.5 Å². The first-order valence-corrected chi connectivity index (χ1v) is 7.34. The molecule has 0 spiro atoms. The average molecular weight is 321 g/mol. The van der Waals surface area contributed by atoms with Crippen LogP contribution in [0.3, 0.4) is 0 Å². The van der Waals surface area contributed by atoms with Gasteiger partial charge in [0.25, 0.3) is 0 Å². The van der Waals surface area contributed by atoms with Crippen LogP contribution in [0.1, 0.15) is 5.56 Å². The molecule has 22 heavy (non-hydrogen) atoms. The predicted molar refractivity (Wildman–Crippen MR) is 83.7 cm³/mol. The molecule has 1 heterocycles. The van der Waals surface area contributed by atoms with Gasteiger partial charge in [-0.2, -0.15) is 4.39 Å². The molecule has 9 heteroatoms. The first-order chi connectivity index (χ1) is 10.5. The van der Waals surface area contributed by atoms with Crippen molar-refractivity contribution in [2.45, 2.75) is 5.16 Å². The molecule has 0 radical (unpaired) electrons. The fraction of sp³-hybridized carbons (Fsp3) is 0.154. The highest BCUT2D eigenvalue weighted by Gasteiger charge is 2.13. The summed E-state index contributed by atoms with van der Waals surface area (Å²) in [7, 11) is 1.71. The molecule has 0 saturated heterocycles. The van der Waals surface area contributed by atoms with Crippen molar-refractivity contribution in [2.75, 3.05) is 18.6 Å². The molecule has 114 valence electrons. The van der Waals surface area contributed by atoms with Gasteiger partial charge in [-0.1, -0.05) is 11.8 Å². The second kappa shape index (κ2) is 6.94. The minimum Gasteiger partial charge on any atom is -0.372 e. The van der Waals surface area contributed by atoms with Gasteiger partial charge in [-0.25, -0.2) is 9.97 Å². The van der Waals surface area contributed by atoms with Crippen LogP contribution in [0.4, 0.5) is 21.6 Å². The van der Waals surface area contributed by atoms with E-state index >= 15 is 0 Å². The van der Waals surface area contributed by atoms with Crippen molar-refractivity contribution >= 4 is 35.2 Å². The Balaban J connectivity index is 2.32. The van der Waals surface area contributed by atoms with Crippen molar-refractivity contribution in [3.8, 4) is 0 Å². The predicted octanol–water partition coefficient (Wildman–Crippen LogP) is 3.04. The molecule has 0 bridgehead atoms. The summed E-state index contributed by atoms with van der Waals surface area (Å²) in [5, 5.41) is 14.2. The van der Waals surface area contributed by atoms with Crippen molar-refractivity contribution in [2.24, 2.45) is 4.99 Å². The van der Waals surface area contributed by atoms with Gasteiger partial charge in [-0.15, -0.1) is 0 Å². The fourth-order valence-electron chi connectivity index (χ4n) is 1.63. The number of hydrogen-bond acceptors (Lipinski definition) is 7. The van der Waals surface area contributed by atoms with Crippen molar-refractivity contribution in [1.29, 1.82) is 0 Å². The topological polar surface area (TPSA) is 93.3 Å². The molecule has 1 aromatic carbocycles. The first-order valence-electron chi connectivity index (χ1n) is 6.12. The van der Waals surface area contributed by atoms with E-state index in [1.54, 1.807) is 13.2 Å². The molecule has 1 aromatic heterocycles. The quantitative estimate of drug-likeness (QED) is 0.299. The molecule has 7 nitrogen and oxygen atoms in total. The summed E-state index contributed by atoms with van der Waals surface area (Å²) < 4.78 is 13.3. The van der Waals surface area contributed by atoms with Crippen LogP contribution in [0.15, 0.2) is 34.5 Å². The summed E-state index contributed by atoms with van der Waals surface area (Å²) in [6, 6.07) is 3.44. The molecule has 0 amide bonds. The van der Waals surface area contributed by atoms with Gasteiger partial charge in [0.05, 0.1) is 16.2 Å². The van der Waals surface area contributed by atoms with Crippen LogP contribution in [0.5, 0.6) is 0 Å². The molecule has 0 fully saturated rings. The first kappa shape index (κ1) is 15.8. The van der Waals surface area contributed by atoms with Crippen molar-refractivity contribution in [3.63, 3.8) is 0 Å². The largest absolute Gasteiger partial charge is 0.372 e. The van der Waals surface area contributed by atoms with E-state index in [-0.39, 0.29) is 5.69 Å². The summed E-state index contributed by atoms with van der Waals surface area (Å²) in [4.78, 5) is 22.4. The lowest BCUT2D eigenvalue weighted by Crippen LogP contribution is -2.00. The van der Waals surface area contributed by atoms with Gasteiger partial charge in [0.2, 0.25) is 5.82 Å². The lowest BCUT2D eigenvalue weighted by atomic mass is 10.2. The Bertz CT molecular complexity index is 738. The van der Waals surface area contributed by atoms with Crippen LogP contribution in [0.25, 0.3) is 0 Å². The molecule has 0 atom stereocenters. The maximum absolute atomic E-state index is 13.3. The summed E-state index contributed by atoms with van der Waals surface area (Å²) in [5.41, 5.74) is 0.272. The molecule has 0 saturated carbocycles. The Labute approximate surface area is 129 Å². The van der Waals surface area contributed by atoms with E-state index in [4.69, 9.17) is 0 Å². The smallest absolute Gasteiger partial charge is 0.306 e. The zero-order valence-corrected chi connectivity index (χ0v) is 12.6. The number of rotatable bonds is 5. The molecule has 2 rings (SSSR count). The van der Waals surface area contributed by atoms with Gasteiger partial charge in [0.1, 0.15) is 5.82 Å². The van der Waals surface area contributed by atoms with Crippen LogP contribution in [0.2, 0.25) is 0 Å². The zero-order chi connectivity index (χ0) is 16.1. The summed E-state index contributed by atoms with van der Waals surface area (Å²) in [6.07, 6.45) is 4.92. The van der Waals surface area contributed by atoms with Crippen molar-refractivity contribution < 1.29 is 9.31 Å². The summed E-state index contributed by atoms with van der Waals surface area (Å²) in [6.45, 7) is 0. The highest BCUT2D eigenvalue weighted by molar-refractivity contribution is 7.98. The molecular weight excluding hydrogens is 309 g/mol. The standard InChI is InChI=1S/C13H12FN5O2S/c1-15-12-8(7-17-13(18-12)22-2)6-16-9-3-4-10(14)11(5-9)19(20)21/h3-7H,1-2H3,(H,15,17,18). The van der Waals surface area contributed by atoms with Gasteiger partial charge < -0.3 is 5.32 Å². The van der Waals surface area contributed by atoms with E-state index in [0.29, 0.717) is 16.5 Å². The lowest BCUT2D eigenvalue weighted by Gasteiger charge is -2.04. The number of aliphatic imine (C=N–C) groups is 1. The third-order valence-corrected chi connectivity index (χ3v) is 3.26. The number of nitro benzene ring substituents is 1. The Hall–Kier alpha value is -2.55. The second-order valence-corrected chi connectivity index (χ2v) is 4.84. The fourth-order valence-corrected chi connectivity index (χ4v) is 1.97. The van der Waals surface area contributed by atoms with Crippen LogP contribution >= 0.6 is 11.8 Å². The van der Waals surface area contributed by atoms with E-state index in [0.717, 1.165) is 12.1 Å². The van der Waals surface area contributed by atoms with Crippen LogP contribution in [0, 0.1) is 15.9 Å². The number of nitrogens with one attached hydrogen (secondary N) is 1. The van der Waals surface area contributed by atoms with Crippen molar-refractivity contribution in [1.82, 2.24) is 9.97 Å². The van der Waals surface area contributed by atoms with E-state index in [2.05, 4.69) is 20.3 Å². The number of thioether (sulfide) groups is 1. The number of benzene rings is 1. The molecule has 1 N–H and O–H groups in total. The molecular formula is C13H12FN5O2S. The highest BCUT2D eigenvalue weighted by atomic mass is 32.2. The minimum atomic E-state index is -0.896. The Kier molecular flexibility index (Phi) is 4.99. The second-order valence-electron chi connectivity index (χ2n) is 4.06. The summed E-state index contributed by atoms with van der Waals surface area (Å²) >= 11 is 1.40. The summed E-state index contributed by atoms with van der Waals surface area (Å²) in [5.74, 6) is -0.313. The Morgan fingerprint density at radius 2 is 2.27 bits per heavy atom. The van der Waals surface area contributed by atoms with E-state index in [1.165, 1.54) is 24.0 Å². The minimum absolute atomic E-state index is 0.268. The maximum atomic E-state index is 13.3. The zero-order valence-electron chi connectivity index (χ0n) is 11.8. The average Bonchev–Trinajstić information content (AvgIpc) is 2.53. The number of nitrogens with zero attached hydrogens (tertiary/aromatic N) is 4. The van der Waals surface area contributed by atoms with Gasteiger partial charge >= 0.3 is 5.69 Å². The Morgan fingerprint density at radius 1 is 1.50 bits per heavy atom. The van der Waals surface area contributed by atoms with E-state index in [9.17, 15) is 14.5 Å². The molecule has 2 aromatic rings. The monoisotopic (exact) mass is 321 g/mol. The number of aromatic nitrogens is 2. The van der Waals surface area contributed by atoms with Gasteiger partial charge in [-0.3, -0.25) is 15.1 Å². The normalized spacial score (nSPS) is 10.9. The highest BCUT2D eigenvalue weighted by Crippen LogP contribution is 2.24. The maximum Gasteiger partial charge on any atom is 0.306 e. The lowest BCUT2D eigenvalue weighted by molar-refractivity contribution is -0.387. The third-order valence-electron chi connectivity index (χ3n) is 2.69. The molecule has 0 aliphatic carbocycles. The molecule has 0 aliphatic heterocycles. The number of halogens is 1. The van der Waals surface area contributed by atoms with Crippen LogP contribution in [-0.2, 0) is 0 Å². The van der Waals surface area contributed by atoms with Crippen LogP contribution < -0.4 is 5.32 Å². The number of nitro groups is 1. The van der Waals surface area contributed by atoms with E-state index in [1.807, 2.05) is 6.26 Å². The van der Waals surface area contributed by atoms with E-state index < -0.39 is 16.4 Å². The molecule has 0 unspecified atom stereocenters.